The van der Waals surface area contributed by atoms with Crippen LogP contribution in [0.2, 0.25) is 0 Å². The number of fused-ring (bicyclic) bond motifs is 2. The van der Waals surface area contributed by atoms with Gasteiger partial charge in [-0.05, 0) is 0 Å². The highest BCUT2D eigenvalue weighted by molar-refractivity contribution is 8.76. The van der Waals surface area contributed by atoms with Gasteiger partial charge in [-0.3, -0.25) is 9.59 Å². The molecular weight excluding hydrogens is 1320 g/mol. The average Bonchev–Trinajstić information content (AvgIpc) is 0.765. The van der Waals surface area contributed by atoms with Gasteiger partial charge in [0.2, 0.25) is 11.8 Å². The molecule has 18 fully saturated rings. The number of carbonyl (C=O) groups excluding carboxylic acids is 2. The Labute approximate surface area is 569 Å². The molecule has 560 valence electrons. The highest BCUT2D eigenvalue weighted by atomic mass is 33.1. The summed E-state index contributed by atoms with van der Waals surface area (Å²) >= 11 is 0. The molecule has 34 nitrogen and oxygen atoms in total. The maximum atomic E-state index is 13.8. The van der Waals surface area contributed by atoms with Crippen molar-refractivity contribution >= 4 is 33.4 Å². The van der Waals surface area contributed by atoms with Gasteiger partial charge in [0.05, 0.1) is 45.7 Å². The van der Waals surface area contributed by atoms with Crippen LogP contribution < -0.4 is 10.6 Å². The van der Waals surface area contributed by atoms with E-state index in [1.807, 2.05) is 0 Å². The maximum absolute atomic E-state index is 13.8. The number of amides is 2. The van der Waals surface area contributed by atoms with Crippen molar-refractivity contribution in [2.24, 2.45) is 0 Å². The monoisotopic (exact) mass is 1430 g/mol. The highest BCUT2D eigenvalue weighted by Crippen LogP contribution is 2.42. The molecular formula is C60H106N2O32S2. The second-order valence-corrected chi connectivity index (χ2v) is 26.2. The molecule has 0 aromatic carbocycles. The number of hydrogen-bond donors (Lipinski definition) is 3. The van der Waals surface area contributed by atoms with Crippen molar-refractivity contribution in [2.45, 2.75) is 197 Å². The van der Waals surface area contributed by atoms with Gasteiger partial charge in [0.1, 0.15) is 134 Å². The van der Waals surface area contributed by atoms with Gasteiger partial charge in [-0.1, -0.05) is 21.6 Å². The van der Waals surface area contributed by atoms with Gasteiger partial charge in [0, 0.05) is 152 Å². The fourth-order valence-corrected chi connectivity index (χ4v) is 15.6. The summed E-state index contributed by atoms with van der Waals surface area (Å²) < 4.78 is 183. The summed E-state index contributed by atoms with van der Waals surface area (Å²) in [6.07, 6.45) is -29.5. The molecule has 12 bridgehead atoms. The van der Waals surface area contributed by atoms with Gasteiger partial charge in [-0.25, -0.2) is 0 Å². The van der Waals surface area contributed by atoms with Crippen molar-refractivity contribution in [1.82, 2.24) is 10.6 Å². The Hall–Kier alpha value is -1.56. The van der Waals surface area contributed by atoms with E-state index >= 15 is 0 Å². The summed E-state index contributed by atoms with van der Waals surface area (Å²) in [4.78, 5) is 27.6. The largest absolute Gasteiger partial charge is 0.382 e. The van der Waals surface area contributed by atoms with Crippen LogP contribution >= 0.6 is 21.6 Å². The Morgan fingerprint density at radius 2 is 0.615 bits per heavy atom. The van der Waals surface area contributed by atoms with E-state index in [0.29, 0.717) is 5.75 Å². The molecule has 30 atom stereocenters. The summed E-state index contributed by atoms with van der Waals surface area (Å²) in [7, 11) is 29.2. The fourth-order valence-electron chi connectivity index (χ4n) is 13.7. The van der Waals surface area contributed by atoms with E-state index in [9.17, 15) is 14.7 Å². The lowest BCUT2D eigenvalue weighted by Gasteiger charge is -2.53. The molecule has 18 rings (SSSR count). The lowest BCUT2D eigenvalue weighted by Crippen LogP contribution is -2.73. The van der Waals surface area contributed by atoms with Crippen LogP contribution in [0.15, 0.2) is 0 Å². The highest BCUT2D eigenvalue weighted by Gasteiger charge is 2.62. The van der Waals surface area contributed by atoms with Gasteiger partial charge in [-0.2, -0.15) is 0 Å². The number of aliphatic hydroxyl groups is 1. The van der Waals surface area contributed by atoms with Crippen molar-refractivity contribution < 1.29 is 152 Å². The smallest absolute Gasteiger partial charge is 0.279 e. The third kappa shape index (κ3) is 19.0. The van der Waals surface area contributed by atoms with Crippen LogP contribution in [0.1, 0.15) is 12.8 Å². The molecule has 0 aromatic rings. The second-order valence-electron chi connectivity index (χ2n) is 23.4. The summed E-state index contributed by atoms with van der Waals surface area (Å²) in [6, 6.07) is -0.793. The summed E-state index contributed by atoms with van der Waals surface area (Å²) in [5.41, 5.74) is 0. The number of nitrogens with one attached hydrogen (secondary N) is 2. The van der Waals surface area contributed by atoms with Crippen molar-refractivity contribution in [3.8, 4) is 0 Å². The molecule has 0 spiro atoms. The molecule has 0 aliphatic carbocycles. The van der Waals surface area contributed by atoms with E-state index in [-0.39, 0.29) is 64.1 Å². The normalized spacial score (nSPS) is 43.6. The summed E-state index contributed by atoms with van der Waals surface area (Å²) in [5.74, 6) is -2.75. The first-order valence-electron chi connectivity index (χ1n) is 31.6. The summed E-state index contributed by atoms with van der Waals surface area (Å²) in [5, 5.41) is 18.0. The molecule has 18 heterocycles. The number of methoxy groups -OCH3 is 18. The first-order chi connectivity index (χ1) is 46.5. The molecule has 36 heteroatoms. The van der Waals surface area contributed by atoms with E-state index in [4.69, 9.17) is 137 Å². The molecule has 96 heavy (non-hydrogen) atoms. The van der Waals surface area contributed by atoms with Crippen LogP contribution in [0.5, 0.6) is 0 Å². The van der Waals surface area contributed by atoms with Gasteiger partial charge in [0.25, 0.3) is 5.91 Å². The van der Waals surface area contributed by atoms with Crippen molar-refractivity contribution in [3.63, 3.8) is 0 Å². The predicted molar refractivity (Wildman–Crippen MR) is 333 cm³/mol. The van der Waals surface area contributed by atoms with Crippen molar-refractivity contribution in [3.05, 3.63) is 0 Å². The third-order valence-electron chi connectivity index (χ3n) is 18.0. The quantitative estimate of drug-likeness (QED) is 0.0918. The molecule has 3 N–H and O–H groups in total. The van der Waals surface area contributed by atoms with Gasteiger partial charge >= 0.3 is 0 Å². The summed E-state index contributed by atoms with van der Waals surface area (Å²) in [6.45, 7) is -0.378. The Morgan fingerprint density at radius 1 is 0.344 bits per heavy atom. The predicted octanol–water partition coefficient (Wildman–Crippen LogP) is -1.58. The standard InChI is InChI=1S/C60H106N2O32S2/c1-66-23-29-37-43(72-7)49(78-13)55(84-29)89-38-30(24-67-2)85-56(50(79-14)44(38)73-8)90-39-31(25-68-3)86-57(51(80-15)45(39)74-9)91-40-32(26-69-4)87-58(52(81-16)46(40)75-10)92-41-33(27-70-5)88-59(53(82-17)47(41)76-11)93-42-34(28-71-6)94-60(65,54(83-18)48(42)77-12)62-36(64)20-22-96-95-21-19-35(63)61-37/h29-34,37-59,65H,19-28H2,1-18H3,(H,61,63)(H,62,64)/t29-,30-,31-,32-,33-,34-,37-,38-,39-,40-,41-,42-,43+,44+,45+,46+,47+,48+,49-,50-,51-,52-,53-,54-,55-,56-,57-,58-,59-,60-/m1/s1. The Bertz CT molecular complexity index is 2240. The lowest BCUT2D eigenvalue weighted by atomic mass is 9.94. The average molecular weight is 1430 g/mol. The van der Waals surface area contributed by atoms with Crippen LogP contribution in [-0.4, -0.2) is 380 Å². The van der Waals surface area contributed by atoms with E-state index < -0.39 is 190 Å². The van der Waals surface area contributed by atoms with Crippen LogP contribution in [-0.2, 0) is 147 Å². The van der Waals surface area contributed by atoms with Crippen LogP contribution in [0.25, 0.3) is 0 Å². The zero-order valence-corrected chi connectivity index (χ0v) is 59.9. The first kappa shape index (κ1) is 81.7. The first-order valence-corrected chi connectivity index (χ1v) is 34.1. The van der Waals surface area contributed by atoms with Crippen LogP contribution in [0, 0.1) is 0 Å². The minimum atomic E-state index is -2.47. The Kier molecular flexibility index (Phi) is 34.5. The maximum Gasteiger partial charge on any atom is 0.279 e. The van der Waals surface area contributed by atoms with E-state index in [1.165, 1.54) is 150 Å². The molecule has 0 aromatic heterocycles. The lowest BCUT2D eigenvalue weighted by molar-refractivity contribution is -0.407. The topological polar surface area (TPSA) is 346 Å². The molecule has 2 amide bonds. The van der Waals surface area contributed by atoms with Crippen LogP contribution in [0.3, 0.4) is 0 Å². The molecule has 18 saturated heterocycles. The van der Waals surface area contributed by atoms with Crippen molar-refractivity contribution in [2.75, 3.05) is 179 Å². The third-order valence-corrected chi connectivity index (χ3v) is 20.4. The number of ether oxygens (including phenoxy) is 29. The molecule has 0 radical (unpaired) electrons. The molecule has 18 aliphatic rings. The number of hydrogen-bond acceptors (Lipinski definition) is 34. The van der Waals surface area contributed by atoms with E-state index in [1.54, 1.807) is 0 Å². The van der Waals surface area contributed by atoms with E-state index in [2.05, 4.69) is 10.6 Å². The van der Waals surface area contributed by atoms with Gasteiger partial charge in [0.15, 0.2) is 37.6 Å². The Morgan fingerprint density at radius 3 is 0.917 bits per heavy atom. The second kappa shape index (κ2) is 40.5. The number of rotatable bonds is 24. The van der Waals surface area contributed by atoms with Gasteiger partial charge in [-0.15, -0.1) is 0 Å². The van der Waals surface area contributed by atoms with Gasteiger partial charge < -0.3 is 153 Å². The minimum Gasteiger partial charge on any atom is -0.382 e. The van der Waals surface area contributed by atoms with Crippen LogP contribution in [0.4, 0.5) is 0 Å². The Balaban J connectivity index is 1.25. The zero-order valence-electron chi connectivity index (χ0n) is 58.2. The zero-order chi connectivity index (χ0) is 69.8. The minimum absolute atomic E-state index is 0.00843. The fraction of sp³-hybridized carbons (Fsp3) is 0.967. The molecule has 18 aliphatic heterocycles. The SMILES string of the molecule is COC[C@H]1O[C@@H]2O[C@H]3[C@H](OC)[C@@H](OC)[C@@H](O[C@H]4[C@H](OC)[C@@H](OC)[C@@H](O[C@H]5[C@H](OC)[C@@H](OC)[C@@H](O[C@H]6[C@H](OC)[C@@H](OC)[C@@H](O[C@H]7[C@H](OC)[C@@H](OC)[C@](O)(NC(=O)CCSSCCC(=O)N[C@H]1[C@H](OC)[C@H]2OC)O[C@@H]7COC)O[C@@H]6COC)O[C@@H]5COC)O[C@@H]4COC)O[C@@H]3COC. The van der Waals surface area contributed by atoms with Crippen molar-refractivity contribution in [1.29, 1.82) is 0 Å². The molecule has 0 unspecified atom stereocenters. The van der Waals surface area contributed by atoms with E-state index in [0.717, 1.165) is 0 Å². The number of carbonyl (C=O) groups is 2. The molecule has 0 saturated carbocycles.